The monoisotopic (exact) mass is 538 g/mol. The molecule has 10 heteroatoms. The van der Waals surface area contributed by atoms with Crippen molar-refractivity contribution in [2.75, 3.05) is 26.3 Å². The zero-order valence-electron chi connectivity index (χ0n) is 18.0. The van der Waals surface area contributed by atoms with E-state index in [1.165, 1.54) is 12.1 Å². The number of fused-ring (bicyclic) bond motifs is 1. The molecule has 1 saturated heterocycles. The lowest BCUT2D eigenvalue weighted by atomic mass is 10.0. The summed E-state index contributed by atoms with van der Waals surface area (Å²) in [5.74, 6) is -1.32. The van der Waals surface area contributed by atoms with Crippen molar-refractivity contribution in [1.29, 1.82) is 0 Å². The summed E-state index contributed by atoms with van der Waals surface area (Å²) in [6.07, 6.45) is 0. The number of rotatable bonds is 7. The number of phenolic OH excluding ortho intramolecular Hbond substituents is 1. The van der Waals surface area contributed by atoms with Crippen LogP contribution < -0.4 is 0 Å². The molecular formula is C23H24BrFN2O5S. The molecule has 0 saturated carbocycles. The summed E-state index contributed by atoms with van der Waals surface area (Å²) in [6.45, 7) is 2.88. The highest BCUT2D eigenvalue weighted by Gasteiger charge is 2.28. The van der Waals surface area contributed by atoms with Gasteiger partial charge in [-0.25, -0.2) is 9.18 Å². The Morgan fingerprint density at radius 1 is 1.21 bits per heavy atom. The maximum Gasteiger partial charge on any atom is 0.338 e. The molecule has 2 N–H and O–H groups in total. The van der Waals surface area contributed by atoms with E-state index in [0.29, 0.717) is 65.0 Å². The number of hydrogen-bond donors (Lipinski definition) is 2. The number of ether oxygens (including phenoxy) is 1. The molecule has 2 heterocycles. The number of carbonyl (C=O) groups is 1. The van der Waals surface area contributed by atoms with Crippen LogP contribution >= 0.6 is 15.9 Å². The Kier molecular flexibility index (Phi) is 7.18. The maximum absolute atomic E-state index is 13.2. The fraction of sp³-hybridized carbons (Fsp3) is 0.348. The Morgan fingerprint density at radius 2 is 1.88 bits per heavy atom. The fourth-order valence-corrected chi connectivity index (χ4v) is 5.95. The predicted octanol–water partition coefficient (Wildman–Crippen LogP) is 3.76. The van der Waals surface area contributed by atoms with Crippen molar-refractivity contribution in [2.45, 2.75) is 18.1 Å². The van der Waals surface area contributed by atoms with Crippen LogP contribution in [0.3, 0.4) is 0 Å². The first-order valence-electron chi connectivity index (χ1n) is 10.4. The van der Waals surface area contributed by atoms with Crippen LogP contribution in [0.5, 0.6) is 5.75 Å². The second-order valence-corrected chi connectivity index (χ2v) is 10.3. The number of carboxylic acid groups (broad SMARTS) is 1. The Bertz CT molecular complexity index is 1220. The van der Waals surface area contributed by atoms with Gasteiger partial charge in [0.25, 0.3) is 0 Å². The van der Waals surface area contributed by atoms with Crippen LogP contribution in [0.25, 0.3) is 10.9 Å². The van der Waals surface area contributed by atoms with Crippen molar-refractivity contribution >= 4 is 43.6 Å². The molecule has 0 bridgehead atoms. The van der Waals surface area contributed by atoms with Gasteiger partial charge in [0.05, 0.1) is 34.5 Å². The van der Waals surface area contributed by atoms with E-state index < -0.39 is 16.8 Å². The fourth-order valence-electron chi connectivity index (χ4n) is 4.18. The minimum atomic E-state index is -1.42. The third-order valence-corrected chi connectivity index (χ3v) is 7.73. The average Bonchev–Trinajstić information content (AvgIpc) is 3.05. The molecular weight excluding hydrogens is 515 g/mol. The Hall–Kier alpha value is -2.27. The zero-order chi connectivity index (χ0) is 23.7. The summed E-state index contributed by atoms with van der Waals surface area (Å²) in [5.41, 5.74) is 2.32. The van der Waals surface area contributed by atoms with Crippen LogP contribution in [0.2, 0.25) is 0 Å². The molecule has 33 heavy (non-hydrogen) atoms. The number of halogens is 2. The van der Waals surface area contributed by atoms with Crippen molar-refractivity contribution in [3.05, 3.63) is 63.0 Å². The summed E-state index contributed by atoms with van der Waals surface area (Å²) in [7, 11) is 0.314. The summed E-state index contributed by atoms with van der Waals surface area (Å²) in [6, 6.07) is 7.45. The normalized spacial score (nSPS) is 15.7. The van der Waals surface area contributed by atoms with E-state index in [1.807, 2.05) is 0 Å². The highest BCUT2D eigenvalue weighted by Crippen LogP contribution is 2.40. The molecule has 1 aromatic heterocycles. The van der Waals surface area contributed by atoms with Gasteiger partial charge in [-0.1, -0.05) is 12.1 Å². The molecule has 0 amide bonds. The number of nitrogens with zero attached hydrogens (tertiary/aromatic N) is 2. The van der Waals surface area contributed by atoms with Crippen molar-refractivity contribution in [2.24, 2.45) is 7.05 Å². The van der Waals surface area contributed by atoms with E-state index >= 15 is 0 Å². The lowest BCUT2D eigenvalue weighted by Crippen LogP contribution is -2.35. The number of morpholine rings is 1. The first-order chi connectivity index (χ1) is 15.8. The van der Waals surface area contributed by atoms with Crippen LogP contribution in [-0.2, 0) is 40.6 Å². The molecule has 0 spiro atoms. The molecule has 1 aliphatic heterocycles. The summed E-state index contributed by atoms with van der Waals surface area (Å²) < 4.78 is 33.7. The van der Waals surface area contributed by atoms with Gasteiger partial charge in [0, 0.05) is 59.9 Å². The van der Waals surface area contributed by atoms with Gasteiger partial charge in [-0.15, -0.1) is 0 Å². The van der Waals surface area contributed by atoms with Crippen LogP contribution in [0.15, 0.2) is 34.8 Å². The standard InChI is InChI=1S/C23H24BrFN2O5S/c1-26-18-10-17(24)22(28)16(11-27-6-8-32-9-7-27)20(18)21(23(29)30)19(26)13-33(31)12-14-2-4-15(25)5-3-14/h2-5,10,28H,6-9,11-13H2,1H3,(H,29,30). The smallest absolute Gasteiger partial charge is 0.338 e. The third kappa shape index (κ3) is 4.98. The van der Waals surface area contributed by atoms with E-state index in [-0.39, 0.29) is 28.6 Å². The molecule has 176 valence electrons. The van der Waals surface area contributed by atoms with E-state index in [0.717, 1.165) is 0 Å². The number of hydrogen-bond acceptors (Lipinski definition) is 5. The van der Waals surface area contributed by atoms with Gasteiger partial charge in [0.15, 0.2) is 0 Å². The average molecular weight is 539 g/mol. The number of aromatic carboxylic acids is 1. The first kappa shape index (κ1) is 23.9. The molecule has 7 nitrogen and oxygen atoms in total. The Morgan fingerprint density at radius 3 is 2.52 bits per heavy atom. The Labute approximate surface area is 201 Å². The lowest BCUT2D eigenvalue weighted by Gasteiger charge is -2.27. The number of aryl methyl sites for hydroxylation is 1. The largest absolute Gasteiger partial charge is 0.506 e. The highest BCUT2D eigenvalue weighted by molar-refractivity contribution is 9.10. The van der Waals surface area contributed by atoms with E-state index in [2.05, 4.69) is 20.8 Å². The van der Waals surface area contributed by atoms with Crippen molar-refractivity contribution in [3.8, 4) is 5.75 Å². The SMILES string of the molecule is Cn1c(CS(=O)Cc2ccc(F)cc2)c(C(=O)O)c2c(CN3CCOCC3)c(O)c(Br)cc21. The van der Waals surface area contributed by atoms with Gasteiger partial charge >= 0.3 is 5.97 Å². The number of benzene rings is 2. The van der Waals surface area contributed by atoms with Crippen molar-refractivity contribution in [1.82, 2.24) is 9.47 Å². The van der Waals surface area contributed by atoms with Crippen molar-refractivity contribution < 1.29 is 28.3 Å². The molecule has 1 unspecified atom stereocenters. The number of phenols is 1. The number of aromatic nitrogens is 1. The summed E-state index contributed by atoms with van der Waals surface area (Å²) in [5, 5.41) is 21.4. The minimum absolute atomic E-state index is 0.000997. The second kappa shape index (κ2) is 9.92. The molecule has 4 rings (SSSR count). The van der Waals surface area contributed by atoms with Gasteiger partial charge in [-0.3, -0.25) is 9.11 Å². The first-order valence-corrected chi connectivity index (χ1v) is 12.7. The van der Waals surface area contributed by atoms with E-state index in [4.69, 9.17) is 4.74 Å². The molecule has 1 fully saturated rings. The predicted molar refractivity (Wildman–Crippen MR) is 127 cm³/mol. The topological polar surface area (TPSA) is 92.0 Å². The van der Waals surface area contributed by atoms with Gasteiger partial charge in [-0.05, 0) is 39.7 Å². The van der Waals surface area contributed by atoms with Gasteiger partial charge in [-0.2, -0.15) is 0 Å². The molecule has 1 aliphatic rings. The zero-order valence-corrected chi connectivity index (χ0v) is 20.4. The highest BCUT2D eigenvalue weighted by atomic mass is 79.9. The Balaban J connectivity index is 1.76. The van der Waals surface area contributed by atoms with Crippen molar-refractivity contribution in [3.63, 3.8) is 0 Å². The van der Waals surface area contributed by atoms with Gasteiger partial charge in [0.2, 0.25) is 0 Å². The summed E-state index contributed by atoms with van der Waals surface area (Å²) >= 11 is 3.39. The van der Waals surface area contributed by atoms with Crippen LogP contribution in [0, 0.1) is 5.82 Å². The van der Waals surface area contributed by atoms with Crippen LogP contribution in [-0.4, -0.2) is 56.2 Å². The number of aromatic hydroxyl groups is 1. The molecule has 3 aromatic rings. The van der Waals surface area contributed by atoms with Gasteiger partial charge in [0.1, 0.15) is 11.6 Å². The van der Waals surface area contributed by atoms with E-state index in [1.54, 1.807) is 29.8 Å². The molecule has 2 aromatic carbocycles. The maximum atomic E-state index is 13.2. The van der Waals surface area contributed by atoms with Gasteiger partial charge < -0.3 is 19.5 Å². The molecule has 1 atom stereocenters. The minimum Gasteiger partial charge on any atom is -0.506 e. The third-order valence-electron chi connectivity index (χ3n) is 5.88. The quantitative estimate of drug-likeness (QED) is 0.475. The van der Waals surface area contributed by atoms with E-state index in [9.17, 15) is 23.6 Å². The van der Waals surface area contributed by atoms with Crippen LogP contribution in [0.4, 0.5) is 4.39 Å². The molecule has 0 aliphatic carbocycles. The number of carboxylic acids is 1. The summed E-state index contributed by atoms with van der Waals surface area (Å²) in [4.78, 5) is 14.5. The molecule has 0 radical (unpaired) electrons. The second-order valence-electron chi connectivity index (χ2n) is 8.01. The lowest BCUT2D eigenvalue weighted by molar-refractivity contribution is 0.0340. The van der Waals surface area contributed by atoms with Crippen LogP contribution in [0.1, 0.15) is 27.2 Å².